The van der Waals surface area contributed by atoms with Crippen molar-refractivity contribution in [2.75, 3.05) is 26.7 Å². The summed E-state index contributed by atoms with van der Waals surface area (Å²) in [7, 11) is 1.92. The van der Waals surface area contributed by atoms with Gasteiger partial charge in [-0.2, -0.15) is 0 Å². The standard InChI is InChI=1S/C31H34N4O2/c1-33(26-16-18-34(19-17-26)23-30(36)32-20-24-10-4-2-5-11-24)31(37)28-22-35(21-25-12-6-3-7-13-25)29-15-9-8-14-27(28)29/h2-15,22,26H,16-21,23H2,1H3,(H,32,36). The minimum atomic E-state index is 0.0398. The van der Waals surface area contributed by atoms with Crippen LogP contribution < -0.4 is 5.32 Å². The maximum absolute atomic E-state index is 13.6. The fraction of sp³-hybridized carbons (Fsp3) is 0.290. The van der Waals surface area contributed by atoms with Gasteiger partial charge < -0.3 is 14.8 Å². The molecule has 2 heterocycles. The van der Waals surface area contributed by atoms with Gasteiger partial charge in [0.05, 0.1) is 12.1 Å². The number of rotatable bonds is 8. The molecule has 6 heteroatoms. The van der Waals surface area contributed by atoms with Gasteiger partial charge in [0.15, 0.2) is 0 Å². The summed E-state index contributed by atoms with van der Waals surface area (Å²) >= 11 is 0. The van der Waals surface area contributed by atoms with E-state index in [-0.39, 0.29) is 17.9 Å². The van der Waals surface area contributed by atoms with Gasteiger partial charge in [0.1, 0.15) is 0 Å². The van der Waals surface area contributed by atoms with E-state index in [0.29, 0.717) is 13.1 Å². The van der Waals surface area contributed by atoms with E-state index in [4.69, 9.17) is 0 Å². The van der Waals surface area contributed by atoms with Gasteiger partial charge in [-0.3, -0.25) is 14.5 Å². The summed E-state index contributed by atoms with van der Waals surface area (Å²) in [6, 6.07) is 28.6. The number of nitrogens with zero attached hydrogens (tertiary/aromatic N) is 3. The molecular formula is C31H34N4O2. The maximum Gasteiger partial charge on any atom is 0.256 e. The number of fused-ring (bicyclic) bond motifs is 1. The van der Waals surface area contributed by atoms with Crippen LogP contribution in [0.3, 0.4) is 0 Å². The van der Waals surface area contributed by atoms with Gasteiger partial charge in [-0.25, -0.2) is 0 Å². The van der Waals surface area contributed by atoms with Gasteiger partial charge in [0, 0.05) is 56.4 Å². The molecule has 0 spiro atoms. The highest BCUT2D eigenvalue weighted by Gasteiger charge is 2.28. The second-order valence-corrected chi connectivity index (χ2v) is 9.86. The Hall–Kier alpha value is -3.90. The minimum absolute atomic E-state index is 0.0398. The Morgan fingerprint density at radius 3 is 2.19 bits per heavy atom. The molecular weight excluding hydrogens is 460 g/mol. The molecule has 1 aromatic heterocycles. The fourth-order valence-corrected chi connectivity index (χ4v) is 5.20. The Balaban J connectivity index is 1.19. The Bertz CT molecular complexity index is 1340. The Kier molecular flexibility index (Phi) is 7.66. The zero-order valence-corrected chi connectivity index (χ0v) is 21.3. The summed E-state index contributed by atoms with van der Waals surface area (Å²) in [4.78, 5) is 30.2. The highest BCUT2D eigenvalue weighted by atomic mass is 16.2. The molecule has 37 heavy (non-hydrogen) atoms. The van der Waals surface area contributed by atoms with Gasteiger partial charge in [0.2, 0.25) is 5.91 Å². The Morgan fingerprint density at radius 2 is 1.49 bits per heavy atom. The van der Waals surface area contributed by atoms with E-state index in [1.165, 1.54) is 5.56 Å². The SMILES string of the molecule is CN(C(=O)c1cn(Cc2ccccc2)c2ccccc12)C1CCN(CC(=O)NCc2ccccc2)CC1. The molecule has 5 rings (SSSR count). The van der Waals surface area contributed by atoms with Crippen LogP contribution in [0.25, 0.3) is 10.9 Å². The van der Waals surface area contributed by atoms with Crippen LogP contribution in [-0.4, -0.2) is 58.9 Å². The number of benzene rings is 3. The monoisotopic (exact) mass is 494 g/mol. The number of aromatic nitrogens is 1. The fourth-order valence-electron chi connectivity index (χ4n) is 5.20. The smallest absolute Gasteiger partial charge is 0.256 e. The highest BCUT2D eigenvalue weighted by molar-refractivity contribution is 6.07. The van der Waals surface area contributed by atoms with E-state index in [2.05, 4.69) is 33.0 Å². The second kappa shape index (κ2) is 11.4. The molecule has 4 aromatic rings. The molecule has 1 saturated heterocycles. The van der Waals surface area contributed by atoms with Gasteiger partial charge in [-0.05, 0) is 30.0 Å². The number of carbonyl (C=O) groups is 2. The average Bonchev–Trinajstić information content (AvgIpc) is 3.31. The number of carbonyl (C=O) groups excluding carboxylic acids is 2. The number of hydrogen-bond donors (Lipinski definition) is 1. The third-order valence-electron chi connectivity index (χ3n) is 7.34. The average molecular weight is 495 g/mol. The minimum Gasteiger partial charge on any atom is -0.351 e. The topological polar surface area (TPSA) is 57.6 Å². The largest absolute Gasteiger partial charge is 0.351 e. The van der Waals surface area contributed by atoms with Crippen LogP contribution in [-0.2, 0) is 17.9 Å². The Labute approximate surface area is 218 Å². The summed E-state index contributed by atoms with van der Waals surface area (Å²) < 4.78 is 2.17. The van der Waals surface area contributed by atoms with Crippen molar-refractivity contribution in [1.82, 2.24) is 19.7 Å². The van der Waals surface area contributed by atoms with Crippen molar-refractivity contribution in [2.24, 2.45) is 0 Å². The third kappa shape index (κ3) is 5.92. The summed E-state index contributed by atoms with van der Waals surface area (Å²) in [5, 5.41) is 4.00. The first kappa shape index (κ1) is 24.8. The zero-order valence-electron chi connectivity index (χ0n) is 21.3. The van der Waals surface area contributed by atoms with Gasteiger partial charge in [-0.15, -0.1) is 0 Å². The lowest BCUT2D eigenvalue weighted by Crippen LogP contribution is -2.47. The lowest BCUT2D eigenvalue weighted by molar-refractivity contribution is -0.122. The summed E-state index contributed by atoms with van der Waals surface area (Å²) in [6.07, 6.45) is 3.72. The van der Waals surface area contributed by atoms with E-state index in [1.807, 2.05) is 84.9 Å². The van der Waals surface area contributed by atoms with Crippen molar-refractivity contribution in [1.29, 1.82) is 0 Å². The van der Waals surface area contributed by atoms with Crippen LogP contribution in [0, 0.1) is 0 Å². The zero-order chi connectivity index (χ0) is 25.6. The number of hydrogen-bond acceptors (Lipinski definition) is 3. The predicted molar refractivity (Wildman–Crippen MR) is 147 cm³/mol. The summed E-state index contributed by atoms with van der Waals surface area (Å²) in [6.45, 7) is 3.27. The number of likely N-dealkylation sites (tertiary alicyclic amines) is 1. The van der Waals surface area contributed by atoms with Crippen molar-refractivity contribution in [2.45, 2.75) is 32.0 Å². The number of nitrogens with one attached hydrogen (secondary N) is 1. The first-order chi connectivity index (χ1) is 18.1. The van der Waals surface area contributed by atoms with E-state index < -0.39 is 0 Å². The van der Waals surface area contributed by atoms with E-state index in [9.17, 15) is 9.59 Å². The molecule has 190 valence electrons. The van der Waals surface area contributed by atoms with Crippen molar-refractivity contribution in [3.8, 4) is 0 Å². The summed E-state index contributed by atoms with van der Waals surface area (Å²) in [5.41, 5.74) is 4.12. The van der Waals surface area contributed by atoms with Crippen LogP contribution in [0.4, 0.5) is 0 Å². The predicted octanol–water partition coefficient (Wildman–Crippen LogP) is 4.54. The molecule has 6 nitrogen and oxygen atoms in total. The first-order valence-corrected chi connectivity index (χ1v) is 13.0. The van der Waals surface area contributed by atoms with Crippen molar-refractivity contribution in [3.63, 3.8) is 0 Å². The van der Waals surface area contributed by atoms with Crippen molar-refractivity contribution in [3.05, 3.63) is 108 Å². The van der Waals surface area contributed by atoms with Gasteiger partial charge >= 0.3 is 0 Å². The molecule has 2 amide bonds. The molecule has 3 aromatic carbocycles. The van der Waals surface area contributed by atoms with Gasteiger partial charge in [-0.1, -0.05) is 78.9 Å². The quantitative estimate of drug-likeness (QED) is 0.391. The normalized spacial score (nSPS) is 14.5. The van der Waals surface area contributed by atoms with Gasteiger partial charge in [0.25, 0.3) is 5.91 Å². The van der Waals surface area contributed by atoms with Crippen molar-refractivity contribution >= 4 is 22.7 Å². The maximum atomic E-state index is 13.6. The van der Waals surface area contributed by atoms with Crippen LogP contribution in [0.1, 0.15) is 34.3 Å². The molecule has 1 N–H and O–H groups in total. The second-order valence-electron chi connectivity index (χ2n) is 9.86. The van der Waals surface area contributed by atoms with Crippen LogP contribution in [0.15, 0.2) is 91.1 Å². The van der Waals surface area contributed by atoms with E-state index in [0.717, 1.165) is 54.5 Å². The number of amides is 2. The molecule has 0 aliphatic carbocycles. The number of para-hydroxylation sites is 1. The lowest BCUT2D eigenvalue weighted by atomic mass is 10.0. The highest BCUT2D eigenvalue weighted by Crippen LogP contribution is 2.25. The summed E-state index contributed by atoms with van der Waals surface area (Å²) in [5.74, 6) is 0.0972. The first-order valence-electron chi connectivity index (χ1n) is 13.0. The van der Waals surface area contributed by atoms with Crippen molar-refractivity contribution < 1.29 is 9.59 Å². The molecule has 0 unspecified atom stereocenters. The lowest BCUT2D eigenvalue weighted by Gasteiger charge is -2.36. The molecule has 1 aliphatic heterocycles. The van der Waals surface area contributed by atoms with E-state index >= 15 is 0 Å². The molecule has 0 radical (unpaired) electrons. The Morgan fingerprint density at radius 1 is 0.865 bits per heavy atom. The van der Waals surface area contributed by atoms with E-state index in [1.54, 1.807) is 0 Å². The molecule has 1 aliphatic rings. The van der Waals surface area contributed by atoms with Crippen LogP contribution in [0.2, 0.25) is 0 Å². The molecule has 0 atom stereocenters. The molecule has 0 saturated carbocycles. The molecule has 1 fully saturated rings. The van der Waals surface area contributed by atoms with Crippen LogP contribution >= 0.6 is 0 Å². The third-order valence-corrected chi connectivity index (χ3v) is 7.34. The number of piperidine rings is 1. The molecule has 0 bridgehead atoms. The van der Waals surface area contributed by atoms with Crippen LogP contribution in [0.5, 0.6) is 0 Å².